The minimum absolute atomic E-state index is 0.0903. The van der Waals surface area contributed by atoms with Gasteiger partial charge >= 0.3 is 11.9 Å². The summed E-state index contributed by atoms with van der Waals surface area (Å²) >= 11 is 1.33. The van der Waals surface area contributed by atoms with Crippen LogP contribution in [0, 0.1) is 0 Å². The van der Waals surface area contributed by atoms with Crippen LogP contribution in [-0.4, -0.2) is 41.2 Å². The van der Waals surface area contributed by atoms with E-state index in [1.54, 1.807) is 48.5 Å². The van der Waals surface area contributed by atoms with Crippen molar-refractivity contribution in [2.45, 2.75) is 37.5 Å². The van der Waals surface area contributed by atoms with Gasteiger partial charge in [-0.15, -0.1) is 11.8 Å². The number of carboxylic acids is 1. The highest BCUT2D eigenvalue weighted by atomic mass is 32.2. The Hall–Kier alpha value is -3.33. The number of aliphatic carboxylic acids is 1. The lowest BCUT2D eigenvalue weighted by molar-refractivity contribution is -0.138. The molecule has 0 aliphatic heterocycles. The summed E-state index contributed by atoms with van der Waals surface area (Å²) in [4.78, 5) is 47.1. The molecule has 0 spiro atoms. The van der Waals surface area contributed by atoms with E-state index in [1.807, 2.05) is 6.92 Å². The SMILES string of the molecule is CCCCOC(=O)c1ccc(NC(=O)CSc2ccc(NC(=O)CCC(=O)O)cc2)cc1. The number of thioether (sulfide) groups is 1. The van der Waals surface area contributed by atoms with Crippen LogP contribution in [0.3, 0.4) is 0 Å². The van der Waals surface area contributed by atoms with Gasteiger partial charge in [-0.1, -0.05) is 13.3 Å². The summed E-state index contributed by atoms with van der Waals surface area (Å²) in [6, 6.07) is 13.4. The summed E-state index contributed by atoms with van der Waals surface area (Å²) in [5, 5.41) is 14.0. The number of esters is 1. The average Bonchev–Trinajstić information content (AvgIpc) is 2.78. The van der Waals surface area contributed by atoms with Gasteiger partial charge in [-0.3, -0.25) is 14.4 Å². The van der Waals surface area contributed by atoms with Crippen molar-refractivity contribution in [3.8, 4) is 0 Å². The molecular formula is C23H26N2O6S. The van der Waals surface area contributed by atoms with Crippen molar-refractivity contribution in [3.05, 3.63) is 54.1 Å². The van der Waals surface area contributed by atoms with Gasteiger partial charge in [0.2, 0.25) is 11.8 Å². The van der Waals surface area contributed by atoms with Gasteiger partial charge < -0.3 is 20.5 Å². The lowest BCUT2D eigenvalue weighted by Crippen LogP contribution is -2.14. The number of hydrogen-bond acceptors (Lipinski definition) is 6. The normalized spacial score (nSPS) is 10.3. The lowest BCUT2D eigenvalue weighted by Gasteiger charge is -2.08. The van der Waals surface area contributed by atoms with E-state index in [2.05, 4.69) is 10.6 Å². The second-order valence-corrected chi connectivity index (χ2v) is 7.92. The molecule has 0 saturated carbocycles. The average molecular weight is 459 g/mol. The van der Waals surface area contributed by atoms with Crippen molar-refractivity contribution in [1.29, 1.82) is 0 Å². The Morgan fingerprint density at radius 3 is 2.06 bits per heavy atom. The third-order valence-corrected chi connectivity index (χ3v) is 5.22. The molecule has 2 amide bonds. The molecule has 9 heteroatoms. The maximum atomic E-state index is 12.2. The van der Waals surface area contributed by atoms with Crippen LogP contribution in [0.2, 0.25) is 0 Å². The first-order chi connectivity index (χ1) is 15.4. The molecule has 0 atom stereocenters. The molecule has 2 rings (SSSR count). The molecule has 32 heavy (non-hydrogen) atoms. The highest BCUT2D eigenvalue weighted by Gasteiger charge is 2.09. The van der Waals surface area contributed by atoms with Gasteiger partial charge in [-0.25, -0.2) is 4.79 Å². The van der Waals surface area contributed by atoms with Crippen molar-refractivity contribution in [2.75, 3.05) is 23.0 Å². The van der Waals surface area contributed by atoms with E-state index in [0.29, 0.717) is 23.5 Å². The van der Waals surface area contributed by atoms with Crippen LogP contribution >= 0.6 is 11.8 Å². The predicted octanol–water partition coefficient (Wildman–Crippen LogP) is 4.18. The van der Waals surface area contributed by atoms with Crippen LogP contribution in [0.5, 0.6) is 0 Å². The topological polar surface area (TPSA) is 122 Å². The molecule has 170 valence electrons. The number of hydrogen-bond donors (Lipinski definition) is 3. The summed E-state index contributed by atoms with van der Waals surface area (Å²) in [7, 11) is 0. The van der Waals surface area contributed by atoms with Crippen LogP contribution < -0.4 is 10.6 Å². The van der Waals surface area contributed by atoms with Crippen LogP contribution in [-0.2, 0) is 19.1 Å². The molecular weight excluding hydrogens is 432 g/mol. The maximum absolute atomic E-state index is 12.2. The predicted molar refractivity (Wildman–Crippen MR) is 123 cm³/mol. The quantitative estimate of drug-likeness (QED) is 0.248. The molecule has 2 aromatic rings. The molecule has 0 fully saturated rings. The number of carbonyl (C=O) groups is 4. The third-order valence-electron chi connectivity index (χ3n) is 4.21. The van der Waals surface area contributed by atoms with Gasteiger partial charge in [0, 0.05) is 22.7 Å². The van der Waals surface area contributed by atoms with E-state index in [1.165, 1.54) is 11.8 Å². The van der Waals surface area contributed by atoms with E-state index in [-0.39, 0.29) is 36.4 Å². The Bertz CT molecular complexity index is 929. The minimum atomic E-state index is -1.02. The van der Waals surface area contributed by atoms with Gasteiger partial charge in [0.25, 0.3) is 0 Å². The number of anilines is 2. The van der Waals surface area contributed by atoms with Gasteiger partial charge in [-0.05, 0) is 55.0 Å². The molecule has 2 aromatic carbocycles. The van der Waals surface area contributed by atoms with Gasteiger partial charge in [-0.2, -0.15) is 0 Å². The van der Waals surface area contributed by atoms with E-state index in [0.717, 1.165) is 17.7 Å². The Balaban J connectivity index is 1.76. The fourth-order valence-electron chi connectivity index (χ4n) is 2.51. The Kier molecular flexibility index (Phi) is 10.3. The van der Waals surface area contributed by atoms with Crippen LogP contribution in [0.4, 0.5) is 11.4 Å². The second-order valence-electron chi connectivity index (χ2n) is 6.87. The highest BCUT2D eigenvalue weighted by Crippen LogP contribution is 2.21. The molecule has 0 unspecified atom stereocenters. The van der Waals surface area contributed by atoms with Gasteiger partial charge in [0.1, 0.15) is 0 Å². The molecule has 0 aliphatic rings. The third kappa shape index (κ3) is 9.22. The van der Waals surface area contributed by atoms with Crippen LogP contribution in [0.15, 0.2) is 53.4 Å². The smallest absolute Gasteiger partial charge is 0.338 e. The van der Waals surface area contributed by atoms with Crippen molar-refractivity contribution >= 4 is 46.9 Å². The largest absolute Gasteiger partial charge is 0.481 e. The number of amides is 2. The van der Waals surface area contributed by atoms with E-state index in [9.17, 15) is 19.2 Å². The molecule has 0 radical (unpaired) electrons. The monoisotopic (exact) mass is 458 g/mol. The minimum Gasteiger partial charge on any atom is -0.481 e. The van der Waals surface area contributed by atoms with Gasteiger partial charge in [0.15, 0.2) is 0 Å². The summed E-state index contributed by atoms with van der Waals surface area (Å²) < 4.78 is 5.15. The van der Waals surface area contributed by atoms with Crippen molar-refractivity contribution < 1.29 is 29.0 Å². The van der Waals surface area contributed by atoms with Crippen molar-refractivity contribution in [3.63, 3.8) is 0 Å². The Labute approximate surface area is 190 Å². The zero-order valence-electron chi connectivity index (χ0n) is 17.8. The zero-order valence-corrected chi connectivity index (χ0v) is 18.6. The number of carbonyl (C=O) groups excluding carboxylic acids is 3. The summed E-state index contributed by atoms with van der Waals surface area (Å²) in [6.07, 6.45) is 1.46. The number of rotatable bonds is 12. The molecule has 0 bridgehead atoms. The van der Waals surface area contributed by atoms with Gasteiger partial charge in [0.05, 0.1) is 24.3 Å². The lowest BCUT2D eigenvalue weighted by atomic mass is 10.2. The first-order valence-corrected chi connectivity index (χ1v) is 11.2. The summed E-state index contributed by atoms with van der Waals surface area (Å²) in [5.41, 5.74) is 1.58. The highest BCUT2D eigenvalue weighted by molar-refractivity contribution is 8.00. The Morgan fingerprint density at radius 2 is 1.47 bits per heavy atom. The number of ether oxygens (including phenoxy) is 1. The van der Waals surface area contributed by atoms with Crippen molar-refractivity contribution in [1.82, 2.24) is 0 Å². The molecule has 8 nitrogen and oxygen atoms in total. The summed E-state index contributed by atoms with van der Waals surface area (Å²) in [5.74, 6) is -1.78. The number of nitrogens with one attached hydrogen (secondary N) is 2. The molecule has 3 N–H and O–H groups in total. The van der Waals surface area contributed by atoms with E-state index < -0.39 is 5.97 Å². The zero-order chi connectivity index (χ0) is 23.3. The number of carboxylic acid groups (broad SMARTS) is 1. The first kappa shape index (κ1) is 24.9. The molecule has 0 heterocycles. The standard InChI is InChI=1S/C23H26N2O6S/c1-2-3-14-31-23(30)16-4-6-17(7-5-16)25-21(27)15-32-19-10-8-18(9-11-19)24-20(26)12-13-22(28)29/h4-11H,2-3,12-15H2,1H3,(H,24,26)(H,25,27)(H,28,29). The maximum Gasteiger partial charge on any atom is 0.338 e. The van der Waals surface area contributed by atoms with E-state index in [4.69, 9.17) is 9.84 Å². The van der Waals surface area contributed by atoms with Crippen LogP contribution in [0.1, 0.15) is 43.0 Å². The molecule has 0 saturated heterocycles. The first-order valence-electron chi connectivity index (χ1n) is 10.2. The molecule has 0 aromatic heterocycles. The van der Waals surface area contributed by atoms with Crippen LogP contribution in [0.25, 0.3) is 0 Å². The number of benzene rings is 2. The van der Waals surface area contributed by atoms with Crippen molar-refractivity contribution in [2.24, 2.45) is 0 Å². The fraction of sp³-hybridized carbons (Fsp3) is 0.304. The number of unbranched alkanes of at least 4 members (excludes halogenated alkanes) is 1. The van der Waals surface area contributed by atoms with E-state index >= 15 is 0 Å². The fourth-order valence-corrected chi connectivity index (χ4v) is 3.21. The molecule has 0 aliphatic carbocycles. The second kappa shape index (κ2) is 13.2. The Morgan fingerprint density at radius 1 is 0.875 bits per heavy atom. The summed E-state index contributed by atoms with van der Waals surface area (Å²) in [6.45, 7) is 2.41.